The van der Waals surface area contributed by atoms with Crippen LogP contribution in [0.15, 0.2) is 60.7 Å². The minimum atomic E-state index is -0.337. The average Bonchev–Trinajstić information content (AvgIpc) is 2.61. The third kappa shape index (κ3) is 5.95. The lowest BCUT2D eigenvalue weighted by Gasteiger charge is -2.09. The summed E-state index contributed by atoms with van der Waals surface area (Å²) in [7, 11) is 3.98. The Morgan fingerprint density at radius 2 is 1.68 bits per heavy atom. The van der Waals surface area contributed by atoms with E-state index in [1.165, 1.54) is 0 Å². The first kappa shape index (κ1) is 18.5. The van der Waals surface area contributed by atoms with Crippen LogP contribution in [-0.4, -0.2) is 38.1 Å². The molecule has 0 saturated heterocycles. The van der Waals surface area contributed by atoms with Crippen LogP contribution in [0, 0.1) is 11.8 Å². The monoisotopic (exact) mass is 333 g/mol. The molecule has 0 N–H and O–H groups in total. The summed E-state index contributed by atoms with van der Waals surface area (Å²) in [4.78, 5) is 14.0. The average molecular weight is 333 g/mol. The van der Waals surface area contributed by atoms with Crippen LogP contribution in [0.2, 0.25) is 0 Å². The van der Waals surface area contributed by atoms with Crippen molar-refractivity contribution in [3.8, 4) is 11.8 Å². The second kappa shape index (κ2) is 9.46. The summed E-state index contributed by atoms with van der Waals surface area (Å²) in [6.07, 6.45) is 1.55. The molecule has 0 aliphatic heterocycles. The Balaban J connectivity index is 2.31. The van der Waals surface area contributed by atoms with E-state index in [0.29, 0.717) is 6.61 Å². The summed E-state index contributed by atoms with van der Waals surface area (Å²) in [6, 6.07) is 17.7. The molecule has 3 heteroatoms. The molecule has 0 bridgehead atoms. The molecule has 0 aliphatic carbocycles. The lowest BCUT2D eigenvalue weighted by atomic mass is 9.96. The Morgan fingerprint density at radius 3 is 2.28 bits per heavy atom. The third-order valence-electron chi connectivity index (χ3n) is 3.46. The molecule has 2 aromatic rings. The second-order valence-corrected chi connectivity index (χ2v) is 5.79. The van der Waals surface area contributed by atoms with Crippen LogP contribution in [0.5, 0.6) is 0 Å². The van der Waals surface area contributed by atoms with Gasteiger partial charge >= 0.3 is 5.97 Å². The van der Waals surface area contributed by atoms with Gasteiger partial charge in [-0.05, 0) is 49.9 Å². The molecular weight excluding hydrogens is 310 g/mol. The van der Waals surface area contributed by atoms with Crippen molar-refractivity contribution in [1.82, 2.24) is 4.90 Å². The van der Waals surface area contributed by atoms with E-state index in [9.17, 15) is 4.79 Å². The standard InChI is InChI=1S/C22H23NO2/c1-4-25-22(24)17-21(19-10-6-5-7-11-19)20-14-12-18(13-15-20)9-8-16-23(2)3/h5-7,10-15,17H,4,16H2,1-3H3/b21-17-. The quantitative estimate of drug-likeness (QED) is 0.476. The Labute approximate surface area is 149 Å². The van der Waals surface area contributed by atoms with Crippen LogP contribution in [0.3, 0.4) is 0 Å². The fourth-order valence-corrected chi connectivity index (χ4v) is 2.29. The molecule has 0 unspecified atom stereocenters. The highest BCUT2D eigenvalue weighted by atomic mass is 16.5. The first-order chi connectivity index (χ1) is 12.1. The minimum Gasteiger partial charge on any atom is -0.463 e. The van der Waals surface area contributed by atoms with Gasteiger partial charge in [-0.3, -0.25) is 4.90 Å². The Morgan fingerprint density at radius 1 is 1.04 bits per heavy atom. The highest BCUT2D eigenvalue weighted by molar-refractivity contribution is 5.96. The van der Waals surface area contributed by atoms with E-state index in [-0.39, 0.29) is 5.97 Å². The molecule has 0 heterocycles. The third-order valence-corrected chi connectivity index (χ3v) is 3.46. The Bertz CT molecular complexity index is 778. The summed E-state index contributed by atoms with van der Waals surface area (Å²) < 4.78 is 5.07. The van der Waals surface area contributed by atoms with E-state index in [2.05, 4.69) is 11.8 Å². The van der Waals surface area contributed by atoms with E-state index in [1.54, 1.807) is 13.0 Å². The topological polar surface area (TPSA) is 29.5 Å². The molecule has 128 valence electrons. The van der Waals surface area contributed by atoms with Crippen LogP contribution >= 0.6 is 0 Å². The van der Waals surface area contributed by atoms with Crippen LogP contribution < -0.4 is 0 Å². The van der Waals surface area contributed by atoms with Gasteiger partial charge in [0.15, 0.2) is 0 Å². The van der Waals surface area contributed by atoms with Crippen LogP contribution in [0.1, 0.15) is 23.6 Å². The number of carbonyl (C=O) groups excluding carboxylic acids is 1. The Kier molecular flexibility index (Phi) is 7.00. The first-order valence-corrected chi connectivity index (χ1v) is 8.28. The maximum absolute atomic E-state index is 11.9. The predicted octanol–water partition coefficient (Wildman–Crippen LogP) is 3.59. The van der Waals surface area contributed by atoms with E-state index in [0.717, 1.165) is 28.8 Å². The molecule has 0 fully saturated rings. The largest absolute Gasteiger partial charge is 0.463 e. The lowest BCUT2D eigenvalue weighted by Crippen LogP contribution is -2.10. The lowest BCUT2D eigenvalue weighted by molar-refractivity contribution is -0.137. The molecule has 0 spiro atoms. The summed E-state index contributed by atoms with van der Waals surface area (Å²) in [6.45, 7) is 2.88. The highest BCUT2D eigenvalue weighted by Crippen LogP contribution is 2.23. The molecule has 0 saturated carbocycles. The molecule has 0 aromatic heterocycles. The Hall–Kier alpha value is -2.83. The van der Waals surface area contributed by atoms with Gasteiger partial charge in [-0.25, -0.2) is 4.79 Å². The molecule has 25 heavy (non-hydrogen) atoms. The SMILES string of the molecule is CCOC(=O)/C=C(/c1ccccc1)c1ccc(C#CCN(C)C)cc1. The number of hydrogen-bond acceptors (Lipinski definition) is 3. The van der Waals surface area contributed by atoms with Crippen molar-refractivity contribution >= 4 is 11.5 Å². The molecule has 0 aliphatic rings. The zero-order valence-electron chi connectivity index (χ0n) is 15.0. The van der Waals surface area contributed by atoms with E-state index in [1.807, 2.05) is 73.6 Å². The molecule has 3 nitrogen and oxygen atoms in total. The van der Waals surface area contributed by atoms with E-state index < -0.39 is 0 Å². The number of benzene rings is 2. The fourth-order valence-electron chi connectivity index (χ4n) is 2.29. The highest BCUT2D eigenvalue weighted by Gasteiger charge is 2.08. The normalized spacial score (nSPS) is 11.0. The zero-order chi connectivity index (χ0) is 18.1. The van der Waals surface area contributed by atoms with Crippen molar-refractivity contribution < 1.29 is 9.53 Å². The number of esters is 1. The van der Waals surface area contributed by atoms with Gasteiger partial charge in [0.05, 0.1) is 13.2 Å². The van der Waals surface area contributed by atoms with E-state index in [4.69, 9.17) is 4.74 Å². The van der Waals surface area contributed by atoms with Gasteiger partial charge in [0, 0.05) is 11.6 Å². The van der Waals surface area contributed by atoms with Gasteiger partial charge in [0.25, 0.3) is 0 Å². The summed E-state index contributed by atoms with van der Waals surface area (Å²) in [5.74, 6) is 5.92. The van der Waals surface area contributed by atoms with Crippen molar-refractivity contribution in [3.05, 3.63) is 77.4 Å². The first-order valence-electron chi connectivity index (χ1n) is 8.28. The maximum Gasteiger partial charge on any atom is 0.331 e. The molecule has 0 radical (unpaired) electrons. The van der Waals surface area contributed by atoms with Crippen LogP contribution in [0.4, 0.5) is 0 Å². The van der Waals surface area contributed by atoms with Crippen molar-refractivity contribution in [2.24, 2.45) is 0 Å². The number of hydrogen-bond donors (Lipinski definition) is 0. The number of rotatable bonds is 5. The predicted molar refractivity (Wildman–Crippen MR) is 102 cm³/mol. The van der Waals surface area contributed by atoms with Gasteiger partial charge < -0.3 is 4.74 Å². The van der Waals surface area contributed by atoms with Crippen LogP contribution in [0.25, 0.3) is 5.57 Å². The van der Waals surface area contributed by atoms with Crippen molar-refractivity contribution in [2.45, 2.75) is 6.92 Å². The van der Waals surface area contributed by atoms with Gasteiger partial charge in [-0.2, -0.15) is 0 Å². The molecule has 0 atom stereocenters. The minimum absolute atomic E-state index is 0.337. The zero-order valence-corrected chi connectivity index (χ0v) is 15.0. The van der Waals surface area contributed by atoms with Gasteiger partial charge in [-0.1, -0.05) is 54.3 Å². The maximum atomic E-state index is 11.9. The van der Waals surface area contributed by atoms with Crippen molar-refractivity contribution in [1.29, 1.82) is 0 Å². The number of ether oxygens (including phenoxy) is 1. The summed E-state index contributed by atoms with van der Waals surface area (Å²) in [5.41, 5.74) is 3.72. The van der Waals surface area contributed by atoms with Crippen LogP contribution in [-0.2, 0) is 9.53 Å². The molecule has 2 rings (SSSR count). The number of carbonyl (C=O) groups is 1. The van der Waals surface area contributed by atoms with E-state index >= 15 is 0 Å². The van der Waals surface area contributed by atoms with Crippen molar-refractivity contribution in [3.63, 3.8) is 0 Å². The smallest absolute Gasteiger partial charge is 0.331 e. The summed E-state index contributed by atoms with van der Waals surface area (Å²) >= 11 is 0. The van der Waals surface area contributed by atoms with Crippen molar-refractivity contribution in [2.75, 3.05) is 27.2 Å². The number of nitrogens with zero attached hydrogens (tertiary/aromatic N) is 1. The van der Waals surface area contributed by atoms with Gasteiger partial charge in [-0.15, -0.1) is 0 Å². The second-order valence-electron chi connectivity index (χ2n) is 5.79. The van der Waals surface area contributed by atoms with Gasteiger partial charge in [0.2, 0.25) is 0 Å². The van der Waals surface area contributed by atoms with Gasteiger partial charge in [0.1, 0.15) is 0 Å². The summed E-state index contributed by atoms with van der Waals surface area (Å²) in [5, 5.41) is 0. The molecular formula is C22H23NO2. The molecule has 2 aromatic carbocycles. The molecule has 0 amide bonds. The fraction of sp³-hybridized carbons (Fsp3) is 0.227.